The van der Waals surface area contributed by atoms with Gasteiger partial charge >= 0.3 is 5.97 Å². The molecule has 1 atom stereocenters. The Morgan fingerprint density at radius 2 is 2.29 bits per heavy atom. The van der Waals surface area contributed by atoms with E-state index in [1.54, 1.807) is 0 Å². The zero-order valence-corrected chi connectivity index (χ0v) is 9.86. The molecule has 17 heavy (non-hydrogen) atoms. The minimum Gasteiger partial charge on any atom is -0.480 e. The fourth-order valence-corrected chi connectivity index (χ4v) is 1.91. The van der Waals surface area contributed by atoms with Crippen molar-refractivity contribution in [3.05, 3.63) is 23.9 Å². The second-order valence-corrected chi connectivity index (χ2v) is 4.25. The highest BCUT2D eigenvalue weighted by molar-refractivity contribution is 9.18. The molecule has 5 nitrogen and oxygen atoms in total. The first-order valence-electron chi connectivity index (χ1n) is 4.55. The number of anilines is 1. The van der Waals surface area contributed by atoms with Crippen LogP contribution < -0.4 is 5.01 Å². The highest BCUT2D eigenvalue weighted by Crippen LogP contribution is 2.27. The van der Waals surface area contributed by atoms with Crippen LogP contribution in [0, 0.1) is 11.6 Å². The van der Waals surface area contributed by atoms with E-state index in [1.807, 2.05) is 0 Å². The van der Waals surface area contributed by atoms with Crippen LogP contribution in [0.4, 0.5) is 14.6 Å². The number of carboxylic acid groups (broad SMARTS) is 1. The van der Waals surface area contributed by atoms with E-state index < -0.39 is 23.6 Å². The lowest BCUT2D eigenvalue weighted by Crippen LogP contribution is -2.35. The molecule has 1 N–H and O–H groups in total. The Bertz CT molecular complexity index is 509. The average molecular weight is 306 g/mol. The number of hydrogen-bond acceptors (Lipinski definition) is 4. The molecule has 1 aliphatic rings. The fourth-order valence-electron chi connectivity index (χ4n) is 1.44. The van der Waals surface area contributed by atoms with Crippen molar-refractivity contribution in [2.45, 2.75) is 12.5 Å². The lowest BCUT2D eigenvalue weighted by molar-refractivity contribution is -0.138. The molecular weight excluding hydrogens is 300 g/mol. The van der Waals surface area contributed by atoms with Crippen molar-refractivity contribution in [2.75, 3.05) is 5.01 Å². The minimum absolute atomic E-state index is 0.105. The Morgan fingerprint density at radius 3 is 2.88 bits per heavy atom. The van der Waals surface area contributed by atoms with E-state index in [0.717, 1.165) is 11.2 Å². The SMILES string of the molecule is O=C(O)C1CC(Br)=NN1c1ncc(F)cc1F. The van der Waals surface area contributed by atoms with Gasteiger partial charge in [-0.05, 0) is 15.9 Å². The fraction of sp³-hybridized carbons (Fsp3) is 0.222. The number of aliphatic carboxylic acids is 1. The Morgan fingerprint density at radius 1 is 1.59 bits per heavy atom. The average Bonchev–Trinajstić information content (AvgIpc) is 2.60. The van der Waals surface area contributed by atoms with E-state index in [1.165, 1.54) is 0 Å². The smallest absolute Gasteiger partial charge is 0.329 e. The number of halogens is 3. The van der Waals surface area contributed by atoms with E-state index in [0.29, 0.717) is 10.7 Å². The molecule has 0 radical (unpaired) electrons. The van der Waals surface area contributed by atoms with Crippen LogP contribution in [0.3, 0.4) is 0 Å². The third-order valence-electron chi connectivity index (χ3n) is 2.16. The number of nitrogens with zero attached hydrogens (tertiary/aromatic N) is 3. The van der Waals surface area contributed by atoms with Gasteiger partial charge in [0.05, 0.1) is 6.20 Å². The summed E-state index contributed by atoms with van der Waals surface area (Å²) < 4.78 is 26.5. The molecule has 2 rings (SSSR count). The molecule has 1 aromatic heterocycles. The molecule has 0 fully saturated rings. The third-order valence-corrected chi connectivity index (χ3v) is 2.65. The molecule has 0 saturated heterocycles. The molecular formula is C9H6BrF2N3O2. The Kier molecular flexibility index (Phi) is 3.05. The summed E-state index contributed by atoms with van der Waals surface area (Å²) in [7, 11) is 0. The van der Waals surface area contributed by atoms with Crippen molar-refractivity contribution < 1.29 is 18.7 Å². The first-order chi connectivity index (χ1) is 7.99. The van der Waals surface area contributed by atoms with Crippen molar-refractivity contribution in [1.82, 2.24) is 4.98 Å². The van der Waals surface area contributed by atoms with Gasteiger partial charge in [-0.3, -0.25) is 0 Å². The van der Waals surface area contributed by atoms with E-state index >= 15 is 0 Å². The van der Waals surface area contributed by atoms with E-state index in [4.69, 9.17) is 5.11 Å². The van der Waals surface area contributed by atoms with Crippen molar-refractivity contribution in [1.29, 1.82) is 0 Å². The van der Waals surface area contributed by atoms with Crippen LogP contribution in [0.2, 0.25) is 0 Å². The van der Waals surface area contributed by atoms with Crippen LogP contribution in [0.5, 0.6) is 0 Å². The summed E-state index contributed by atoms with van der Waals surface area (Å²) in [4.78, 5) is 14.5. The summed E-state index contributed by atoms with van der Waals surface area (Å²) in [6.07, 6.45) is 0.910. The Labute approximate surface area is 103 Å². The Hall–Kier alpha value is -1.57. The van der Waals surface area contributed by atoms with Gasteiger partial charge in [0.15, 0.2) is 17.7 Å². The van der Waals surface area contributed by atoms with Crippen molar-refractivity contribution >= 4 is 32.3 Å². The molecule has 0 bridgehead atoms. The van der Waals surface area contributed by atoms with Gasteiger partial charge < -0.3 is 5.11 Å². The number of carboxylic acids is 1. The van der Waals surface area contributed by atoms with Gasteiger partial charge in [0.2, 0.25) is 0 Å². The molecule has 0 spiro atoms. The van der Waals surface area contributed by atoms with Gasteiger partial charge in [0.1, 0.15) is 10.4 Å². The minimum atomic E-state index is -1.16. The molecule has 1 aliphatic heterocycles. The molecule has 1 aromatic rings. The molecule has 0 amide bonds. The second kappa shape index (κ2) is 4.36. The van der Waals surface area contributed by atoms with Crippen LogP contribution in [0.25, 0.3) is 0 Å². The summed E-state index contributed by atoms with van der Waals surface area (Å²) in [5.74, 6) is -3.26. The molecule has 0 aromatic carbocycles. The molecule has 1 unspecified atom stereocenters. The maximum atomic E-state index is 13.4. The summed E-state index contributed by atoms with van der Waals surface area (Å²) in [5, 5.41) is 13.7. The van der Waals surface area contributed by atoms with Gasteiger partial charge in [-0.15, -0.1) is 0 Å². The van der Waals surface area contributed by atoms with E-state index in [-0.39, 0.29) is 12.2 Å². The standard InChI is InChI=1S/C9H6BrF2N3O2/c10-7-2-6(9(16)17)15(14-7)8-5(12)1-4(11)3-13-8/h1,3,6H,2H2,(H,16,17). The number of hydrazone groups is 1. The van der Waals surface area contributed by atoms with Crippen LogP contribution in [0.15, 0.2) is 17.4 Å². The quantitative estimate of drug-likeness (QED) is 0.904. The Balaban J connectivity index is 2.41. The van der Waals surface area contributed by atoms with Gasteiger partial charge in [-0.1, -0.05) is 0 Å². The zero-order chi connectivity index (χ0) is 12.6. The first kappa shape index (κ1) is 11.9. The highest BCUT2D eigenvalue weighted by Gasteiger charge is 2.34. The normalized spacial score (nSPS) is 19.4. The second-order valence-electron chi connectivity index (χ2n) is 3.34. The monoisotopic (exact) mass is 305 g/mol. The van der Waals surface area contributed by atoms with Crippen LogP contribution in [-0.4, -0.2) is 26.7 Å². The lowest BCUT2D eigenvalue weighted by Gasteiger charge is -2.18. The molecule has 90 valence electrons. The number of pyridine rings is 1. The lowest BCUT2D eigenvalue weighted by atomic mass is 10.2. The van der Waals surface area contributed by atoms with Crippen molar-refractivity contribution in [3.8, 4) is 0 Å². The van der Waals surface area contributed by atoms with E-state index in [9.17, 15) is 13.6 Å². The highest BCUT2D eigenvalue weighted by atomic mass is 79.9. The molecule has 0 aliphatic carbocycles. The molecule has 0 saturated carbocycles. The van der Waals surface area contributed by atoms with Crippen LogP contribution in [0.1, 0.15) is 6.42 Å². The maximum Gasteiger partial charge on any atom is 0.329 e. The number of hydrogen-bond donors (Lipinski definition) is 1. The van der Waals surface area contributed by atoms with Crippen molar-refractivity contribution in [2.24, 2.45) is 5.10 Å². The number of rotatable bonds is 2. The first-order valence-corrected chi connectivity index (χ1v) is 5.34. The summed E-state index contributed by atoms with van der Waals surface area (Å²) in [6.45, 7) is 0. The zero-order valence-electron chi connectivity index (χ0n) is 8.27. The van der Waals surface area contributed by atoms with Crippen molar-refractivity contribution in [3.63, 3.8) is 0 Å². The van der Waals surface area contributed by atoms with E-state index in [2.05, 4.69) is 26.0 Å². The summed E-state index contributed by atoms with van der Waals surface area (Å²) >= 11 is 3.04. The van der Waals surface area contributed by atoms with Gasteiger partial charge in [0, 0.05) is 12.5 Å². The third kappa shape index (κ3) is 2.26. The number of aromatic nitrogens is 1. The molecule has 8 heteroatoms. The maximum absolute atomic E-state index is 13.4. The van der Waals surface area contributed by atoms with Gasteiger partial charge in [-0.25, -0.2) is 23.6 Å². The van der Waals surface area contributed by atoms with Crippen LogP contribution in [-0.2, 0) is 4.79 Å². The number of carbonyl (C=O) groups is 1. The van der Waals surface area contributed by atoms with Crippen LogP contribution >= 0.6 is 15.9 Å². The van der Waals surface area contributed by atoms with Gasteiger partial charge in [0.25, 0.3) is 0 Å². The summed E-state index contributed by atoms with van der Waals surface area (Å²) in [5.41, 5.74) is 0. The summed E-state index contributed by atoms with van der Waals surface area (Å²) in [6, 6.07) is -0.417. The topological polar surface area (TPSA) is 65.8 Å². The van der Waals surface area contributed by atoms with Gasteiger partial charge in [-0.2, -0.15) is 5.10 Å². The predicted octanol–water partition coefficient (Wildman–Crippen LogP) is 1.73. The molecule has 2 heterocycles. The largest absolute Gasteiger partial charge is 0.480 e. The predicted molar refractivity (Wildman–Crippen MR) is 59.0 cm³/mol.